The van der Waals surface area contributed by atoms with Crippen LogP contribution in [0.15, 0.2) is 48.5 Å². The number of aryl methyl sites for hydroxylation is 3. The molecule has 0 bridgehead atoms. The van der Waals surface area contributed by atoms with Crippen LogP contribution >= 0.6 is 0 Å². The van der Waals surface area contributed by atoms with E-state index in [1.807, 2.05) is 0 Å². The molecule has 4 aliphatic rings. The van der Waals surface area contributed by atoms with Gasteiger partial charge < -0.3 is 14.2 Å². The second-order valence-corrected chi connectivity index (χ2v) is 12.7. The molecule has 0 N–H and O–H groups in total. The fraction of sp³-hybridized carbons (Fsp3) is 0.486. The van der Waals surface area contributed by atoms with Crippen molar-refractivity contribution in [1.29, 1.82) is 0 Å². The standard InChI is InChI=1S/C37H42O4/c1-24-10-12-25(13-11-24)26-14-18-30(19-15-26)41-37(38)29-22-39-33-20-16-27-6-2-4-8-31(27)35(33)36-32-9-5-3-7-28(32)17-21-34(36)40-23-29/h10-13,16-17,20-21,26,29-30H,2-9,14-15,18-19,22-23H2,1H3. The van der Waals surface area contributed by atoms with Crippen LogP contribution in [0, 0.1) is 12.8 Å². The van der Waals surface area contributed by atoms with E-state index in [4.69, 9.17) is 14.2 Å². The molecule has 7 rings (SSSR count). The lowest BCUT2D eigenvalue weighted by Crippen LogP contribution is -2.33. The normalized spacial score (nSPS) is 22.3. The van der Waals surface area contributed by atoms with Gasteiger partial charge in [0.15, 0.2) is 0 Å². The van der Waals surface area contributed by atoms with Gasteiger partial charge in [0.2, 0.25) is 0 Å². The van der Waals surface area contributed by atoms with E-state index in [1.165, 1.54) is 70.2 Å². The minimum absolute atomic E-state index is 0.0320. The topological polar surface area (TPSA) is 44.8 Å². The molecule has 0 saturated heterocycles. The van der Waals surface area contributed by atoms with Gasteiger partial charge in [0.25, 0.3) is 0 Å². The monoisotopic (exact) mass is 550 g/mol. The summed E-state index contributed by atoms with van der Waals surface area (Å²) in [7, 11) is 0. The maximum Gasteiger partial charge on any atom is 0.316 e. The number of ether oxygens (including phenoxy) is 3. The van der Waals surface area contributed by atoms with Crippen LogP contribution in [0.3, 0.4) is 0 Å². The van der Waals surface area contributed by atoms with Gasteiger partial charge in [-0.3, -0.25) is 4.79 Å². The quantitative estimate of drug-likeness (QED) is 0.309. The molecule has 1 heterocycles. The summed E-state index contributed by atoms with van der Waals surface area (Å²) in [6.07, 6.45) is 13.2. The highest BCUT2D eigenvalue weighted by atomic mass is 16.6. The SMILES string of the molecule is Cc1ccc(C2CCC(OC(=O)C3COc4ccc5c(c4-c4c(ccc6c4CCCC6)OC3)CCCC5)CC2)cc1. The Hall–Kier alpha value is -3.27. The number of carbonyl (C=O) groups excluding carboxylic acids is 1. The second-order valence-electron chi connectivity index (χ2n) is 12.7. The second kappa shape index (κ2) is 11.5. The van der Waals surface area contributed by atoms with Crippen LogP contribution < -0.4 is 9.47 Å². The molecule has 1 aliphatic heterocycles. The fourth-order valence-electron chi connectivity index (χ4n) is 7.58. The smallest absolute Gasteiger partial charge is 0.316 e. The van der Waals surface area contributed by atoms with E-state index in [9.17, 15) is 4.79 Å². The van der Waals surface area contributed by atoms with Gasteiger partial charge in [-0.1, -0.05) is 42.0 Å². The maximum absolute atomic E-state index is 13.5. The average molecular weight is 551 g/mol. The first kappa shape index (κ1) is 26.6. The summed E-state index contributed by atoms with van der Waals surface area (Å²) in [5.74, 6) is 1.69. The van der Waals surface area contributed by atoms with Crippen LogP contribution in [0.1, 0.15) is 90.7 Å². The van der Waals surface area contributed by atoms with E-state index >= 15 is 0 Å². The average Bonchev–Trinajstić information content (AvgIpc) is 3.09. The Morgan fingerprint density at radius 3 is 1.78 bits per heavy atom. The van der Waals surface area contributed by atoms with Crippen molar-refractivity contribution >= 4 is 5.97 Å². The Labute approximate surface area is 244 Å². The minimum Gasteiger partial charge on any atom is -0.492 e. The highest BCUT2D eigenvalue weighted by molar-refractivity contribution is 5.84. The zero-order valence-electron chi connectivity index (χ0n) is 24.4. The summed E-state index contributed by atoms with van der Waals surface area (Å²) in [5, 5.41) is 0. The molecule has 3 aliphatic carbocycles. The zero-order valence-corrected chi connectivity index (χ0v) is 24.4. The van der Waals surface area contributed by atoms with Crippen molar-refractivity contribution in [3.8, 4) is 22.6 Å². The molecular formula is C37H42O4. The molecule has 0 unspecified atom stereocenters. The number of hydrogen-bond acceptors (Lipinski definition) is 4. The number of esters is 1. The summed E-state index contributed by atoms with van der Waals surface area (Å²) >= 11 is 0. The van der Waals surface area contributed by atoms with Gasteiger partial charge >= 0.3 is 5.97 Å². The molecule has 0 atom stereocenters. The number of benzene rings is 3. The van der Waals surface area contributed by atoms with Crippen molar-refractivity contribution in [2.24, 2.45) is 5.92 Å². The Kier molecular flexibility index (Phi) is 7.50. The van der Waals surface area contributed by atoms with Crippen molar-refractivity contribution < 1.29 is 19.0 Å². The predicted molar refractivity (Wildman–Crippen MR) is 162 cm³/mol. The highest BCUT2D eigenvalue weighted by Gasteiger charge is 2.32. The molecule has 1 saturated carbocycles. The molecule has 0 amide bonds. The van der Waals surface area contributed by atoms with Crippen LogP contribution in [-0.4, -0.2) is 25.3 Å². The molecule has 0 spiro atoms. The third-order valence-electron chi connectivity index (χ3n) is 9.96. The lowest BCUT2D eigenvalue weighted by molar-refractivity contribution is -0.157. The van der Waals surface area contributed by atoms with Crippen molar-refractivity contribution in [2.45, 2.75) is 96.0 Å². The van der Waals surface area contributed by atoms with Crippen LogP contribution in [0.2, 0.25) is 0 Å². The third-order valence-corrected chi connectivity index (χ3v) is 9.96. The largest absolute Gasteiger partial charge is 0.492 e. The maximum atomic E-state index is 13.5. The molecule has 0 aromatic heterocycles. The number of hydrogen-bond donors (Lipinski definition) is 0. The first-order valence-electron chi connectivity index (χ1n) is 16.0. The van der Waals surface area contributed by atoms with Gasteiger partial charge in [0, 0.05) is 11.1 Å². The first-order valence-corrected chi connectivity index (χ1v) is 16.0. The van der Waals surface area contributed by atoms with Gasteiger partial charge in [-0.25, -0.2) is 0 Å². The summed E-state index contributed by atoms with van der Waals surface area (Å²) in [6.45, 7) is 2.68. The van der Waals surface area contributed by atoms with Gasteiger partial charge in [0.1, 0.15) is 36.7 Å². The Morgan fingerprint density at radius 1 is 0.683 bits per heavy atom. The van der Waals surface area contributed by atoms with Crippen molar-refractivity contribution in [2.75, 3.05) is 13.2 Å². The molecule has 214 valence electrons. The van der Waals surface area contributed by atoms with Crippen LogP contribution in [0.5, 0.6) is 11.5 Å². The van der Waals surface area contributed by atoms with E-state index in [0.29, 0.717) is 5.92 Å². The highest BCUT2D eigenvalue weighted by Crippen LogP contribution is 2.47. The van der Waals surface area contributed by atoms with Crippen molar-refractivity contribution in [3.05, 3.63) is 81.9 Å². The lowest BCUT2D eigenvalue weighted by atomic mass is 9.80. The molecule has 1 fully saturated rings. The summed E-state index contributed by atoms with van der Waals surface area (Å²) in [4.78, 5) is 13.5. The Balaban J connectivity index is 1.12. The molecular weight excluding hydrogens is 508 g/mol. The predicted octanol–water partition coefficient (Wildman–Crippen LogP) is 8.08. The molecule has 4 heteroatoms. The molecule has 3 aromatic carbocycles. The van der Waals surface area contributed by atoms with E-state index in [-0.39, 0.29) is 25.3 Å². The van der Waals surface area contributed by atoms with E-state index in [1.54, 1.807) is 0 Å². The van der Waals surface area contributed by atoms with Crippen LogP contribution in [-0.2, 0) is 35.2 Å². The third kappa shape index (κ3) is 5.38. The molecule has 41 heavy (non-hydrogen) atoms. The van der Waals surface area contributed by atoms with Crippen LogP contribution in [0.25, 0.3) is 11.1 Å². The van der Waals surface area contributed by atoms with E-state index in [2.05, 4.69) is 55.5 Å². The van der Waals surface area contributed by atoms with E-state index in [0.717, 1.165) is 62.9 Å². The molecule has 3 aromatic rings. The number of fused-ring (bicyclic) bond motifs is 7. The Morgan fingerprint density at radius 2 is 1.22 bits per heavy atom. The molecule has 4 nitrogen and oxygen atoms in total. The minimum atomic E-state index is -0.462. The van der Waals surface area contributed by atoms with Crippen LogP contribution in [0.4, 0.5) is 0 Å². The Bertz CT molecular complexity index is 1340. The summed E-state index contributed by atoms with van der Waals surface area (Å²) in [6, 6.07) is 17.7. The summed E-state index contributed by atoms with van der Waals surface area (Å²) in [5.41, 5.74) is 10.9. The van der Waals surface area contributed by atoms with E-state index < -0.39 is 5.92 Å². The number of carbonyl (C=O) groups is 1. The van der Waals surface area contributed by atoms with Gasteiger partial charge in [-0.05, 0) is 130 Å². The van der Waals surface area contributed by atoms with Crippen molar-refractivity contribution in [3.63, 3.8) is 0 Å². The summed E-state index contributed by atoms with van der Waals surface area (Å²) < 4.78 is 19.2. The first-order chi connectivity index (χ1) is 20.1. The van der Waals surface area contributed by atoms with Gasteiger partial charge in [0.05, 0.1) is 0 Å². The van der Waals surface area contributed by atoms with Gasteiger partial charge in [-0.15, -0.1) is 0 Å². The lowest BCUT2D eigenvalue weighted by Gasteiger charge is -2.29. The zero-order chi connectivity index (χ0) is 27.8. The van der Waals surface area contributed by atoms with Crippen molar-refractivity contribution in [1.82, 2.24) is 0 Å². The molecule has 0 radical (unpaired) electrons. The van der Waals surface area contributed by atoms with Gasteiger partial charge in [-0.2, -0.15) is 0 Å². The fourth-order valence-corrected chi connectivity index (χ4v) is 7.58. The number of rotatable bonds is 3.